The lowest BCUT2D eigenvalue weighted by molar-refractivity contribution is -0.176. The normalized spacial score (nSPS) is 25.4. The van der Waals surface area contributed by atoms with Crippen LogP contribution in [0.1, 0.15) is 32.1 Å². The third-order valence-electron chi connectivity index (χ3n) is 3.46. The SMILES string of the molecule is O=C(O)C1(C(=O)O)CC(CC2CC2)C1. The third kappa shape index (κ3) is 1.38. The zero-order valence-electron chi connectivity index (χ0n) is 7.90. The third-order valence-corrected chi connectivity index (χ3v) is 3.46. The fourth-order valence-electron chi connectivity index (χ4n) is 2.36. The summed E-state index contributed by atoms with van der Waals surface area (Å²) in [5, 5.41) is 17.7. The van der Waals surface area contributed by atoms with Gasteiger partial charge < -0.3 is 10.2 Å². The Labute approximate surface area is 81.9 Å². The molecule has 0 aromatic rings. The lowest BCUT2D eigenvalue weighted by Crippen LogP contribution is -2.50. The molecule has 0 aromatic carbocycles. The van der Waals surface area contributed by atoms with Gasteiger partial charge in [0.25, 0.3) is 0 Å². The summed E-state index contributed by atoms with van der Waals surface area (Å²) in [7, 11) is 0. The van der Waals surface area contributed by atoms with Crippen LogP contribution in [-0.4, -0.2) is 22.2 Å². The summed E-state index contributed by atoms with van der Waals surface area (Å²) in [6, 6.07) is 0. The zero-order chi connectivity index (χ0) is 10.3. The van der Waals surface area contributed by atoms with Crippen molar-refractivity contribution in [3.05, 3.63) is 0 Å². The van der Waals surface area contributed by atoms with E-state index in [1.165, 1.54) is 12.8 Å². The van der Waals surface area contributed by atoms with Gasteiger partial charge >= 0.3 is 11.9 Å². The predicted octanol–water partition coefficient (Wildman–Crippen LogP) is 1.35. The van der Waals surface area contributed by atoms with Crippen molar-refractivity contribution in [2.75, 3.05) is 0 Å². The predicted molar refractivity (Wildman–Crippen MR) is 47.8 cm³/mol. The Hall–Kier alpha value is -1.06. The molecule has 0 bridgehead atoms. The minimum Gasteiger partial charge on any atom is -0.480 e. The molecule has 2 N–H and O–H groups in total. The van der Waals surface area contributed by atoms with Crippen LogP contribution in [0.25, 0.3) is 0 Å². The Morgan fingerprint density at radius 3 is 1.93 bits per heavy atom. The Morgan fingerprint density at radius 1 is 1.07 bits per heavy atom. The van der Waals surface area contributed by atoms with Gasteiger partial charge in [-0.3, -0.25) is 9.59 Å². The van der Waals surface area contributed by atoms with Crippen LogP contribution in [0.4, 0.5) is 0 Å². The van der Waals surface area contributed by atoms with Crippen LogP contribution in [0.15, 0.2) is 0 Å². The first-order valence-electron chi connectivity index (χ1n) is 5.01. The van der Waals surface area contributed by atoms with Crippen molar-refractivity contribution in [3.8, 4) is 0 Å². The number of aliphatic carboxylic acids is 2. The van der Waals surface area contributed by atoms with Gasteiger partial charge in [-0.25, -0.2) is 0 Å². The summed E-state index contributed by atoms with van der Waals surface area (Å²) in [5.74, 6) is -1.26. The standard InChI is InChI=1S/C10H14O4/c11-8(12)10(9(13)14)4-7(5-10)3-6-1-2-6/h6-7H,1-5H2,(H,11,12)(H,13,14). The second kappa shape index (κ2) is 2.97. The quantitative estimate of drug-likeness (QED) is 0.669. The van der Waals surface area contributed by atoms with Crippen molar-refractivity contribution in [1.29, 1.82) is 0 Å². The summed E-state index contributed by atoms with van der Waals surface area (Å²) in [6.45, 7) is 0. The molecule has 0 unspecified atom stereocenters. The lowest BCUT2D eigenvalue weighted by Gasteiger charge is -2.41. The number of carbonyl (C=O) groups is 2. The molecule has 2 fully saturated rings. The van der Waals surface area contributed by atoms with Gasteiger partial charge in [-0.2, -0.15) is 0 Å². The highest BCUT2D eigenvalue weighted by Gasteiger charge is 2.57. The highest BCUT2D eigenvalue weighted by atomic mass is 16.4. The first-order valence-corrected chi connectivity index (χ1v) is 5.01. The molecular formula is C10H14O4. The van der Waals surface area contributed by atoms with Crippen LogP contribution >= 0.6 is 0 Å². The summed E-state index contributed by atoms with van der Waals surface area (Å²) < 4.78 is 0. The van der Waals surface area contributed by atoms with Gasteiger partial charge in [0.05, 0.1) is 0 Å². The van der Waals surface area contributed by atoms with Crippen LogP contribution in [0.3, 0.4) is 0 Å². The van der Waals surface area contributed by atoms with Crippen LogP contribution in [-0.2, 0) is 9.59 Å². The topological polar surface area (TPSA) is 74.6 Å². The van der Waals surface area contributed by atoms with Gasteiger partial charge in [-0.05, 0) is 31.1 Å². The molecule has 4 nitrogen and oxygen atoms in total. The molecule has 78 valence electrons. The van der Waals surface area contributed by atoms with E-state index in [9.17, 15) is 9.59 Å². The van der Waals surface area contributed by atoms with Gasteiger partial charge in [-0.15, -0.1) is 0 Å². The van der Waals surface area contributed by atoms with Gasteiger partial charge in [0.15, 0.2) is 5.41 Å². The molecule has 0 amide bonds. The van der Waals surface area contributed by atoms with E-state index in [0.29, 0.717) is 18.8 Å². The largest absolute Gasteiger partial charge is 0.480 e. The molecule has 0 atom stereocenters. The summed E-state index contributed by atoms with van der Waals surface area (Å²) >= 11 is 0. The van der Waals surface area contributed by atoms with Crippen molar-refractivity contribution >= 4 is 11.9 Å². The summed E-state index contributed by atoms with van der Waals surface area (Å²) in [6.07, 6.45) is 4.16. The lowest BCUT2D eigenvalue weighted by atomic mass is 9.60. The van der Waals surface area contributed by atoms with Gasteiger partial charge in [0, 0.05) is 0 Å². The molecule has 2 aliphatic rings. The molecule has 0 radical (unpaired) electrons. The van der Waals surface area contributed by atoms with E-state index >= 15 is 0 Å². The first-order chi connectivity index (χ1) is 6.54. The van der Waals surface area contributed by atoms with Gasteiger partial charge in [0.2, 0.25) is 0 Å². The maximum absolute atomic E-state index is 10.8. The van der Waals surface area contributed by atoms with Crippen LogP contribution in [0.5, 0.6) is 0 Å². The molecule has 0 spiro atoms. The fraction of sp³-hybridized carbons (Fsp3) is 0.800. The Bertz CT molecular complexity index is 258. The molecule has 0 heterocycles. The maximum Gasteiger partial charge on any atom is 0.321 e. The Kier molecular flexibility index (Phi) is 2.01. The Balaban J connectivity index is 1.92. The number of carboxylic acid groups (broad SMARTS) is 2. The Morgan fingerprint density at radius 2 is 1.57 bits per heavy atom. The highest BCUT2D eigenvalue weighted by molar-refractivity contribution is 5.99. The molecular weight excluding hydrogens is 184 g/mol. The number of rotatable bonds is 4. The van der Waals surface area contributed by atoms with E-state index in [2.05, 4.69) is 0 Å². The van der Waals surface area contributed by atoms with Crippen LogP contribution < -0.4 is 0 Å². The smallest absolute Gasteiger partial charge is 0.321 e. The number of hydrogen-bond acceptors (Lipinski definition) is 2. The van der Waals surface area contributed by atoms with E-state index in [1.807, 2.05) is 0 Å². The molecule has 2 saturated carbocycles. The van der Waals surface area contributed by atoms with Crippen molar-refractivity contribution < 1.29 is 19.8 Å². The fourth-order valence-corrected chi connectivity index (χ4v) is 2.36. The van der Waals surface area contributed by atoms with Crippen LogP contribution in [0.2, 0.25) is 0 Å². The van der Waals surface area contributed by atoms with E-state index in [1.54, 1.807) is 0 Å². The van der Waals surface area contributed by atoms with E-state index in [0.717, 1.165) is 12.3 Å². The van der Waals surface area contributed by atoms with Gasteiger partial charge in [-0.1, -0.05) is 12.8 Å². The molecule has 2 aliphatic carbocycles. The minimum absolute atomic E-state index is 0.328. The van der Waals surface area contributed by atoms with Gasteiger partial charge in [0.1, 0.15) is 0 Å². The highest BCUT2D eigenvalue weighted by Crippen LogP contribution is 2.51. The summed E-state index contributed by atoms with van der Waals surface area (Å²) in [5.41, 5.74) is -1.46. The average Bonchev–Trinajstić information content (AvgIpc) is 2.76. The molecule has 0 aromatic heterocycles. The summed E-state index contributed by atoms with van der Waals surface area (Å²) in [4.78, 5) is 21.6. The van der Waals surface area contributed by atoms with Crippen molar-refractivity contribution in [2.45, 2.75) is 32.1 Å². The minimum atomic E-state index is -1.46. The second-order valence-electron chi connectivity index (χ2n) is 4.65. The molecule has 0 saturated heterocycles. The molecule has 4 heteroatoms. The first kappa shape index (κ1) is 9.49. The number of carboxylic acids is 2. The van der Waals surface area contributed by atoms with Crippen LogP contribution in [0, 0.1) is 17.3 Å². The maximum atomic E-state index is 10.8. The molecule has 14 heavy (non-hydrogen) atoms. The monoisotopic (exact) mass is 198 g/mol. The van der Waals surface area contributed by atoms with Crippen molar-refractivity contribution in [3.63, 3.8) is 0 Å². The molecule has 0 aliphatic heterocycles. The van der Waals surface area contributed by atoms with E-state index < -0.39 is 17.4 Å². The zero-order valence-corrected chi connectivity index (χ0v) is 7.90. The average molecular weight is 198 g/mol. The molecule has 2 rings (SSSR count). The number of hydrogen-bond donors (Lipinski definition) is 2. The van der Waals surface area contributed by atoms with E-state index in [-0.39, 0.29) is 0 Å². The van der Waals surface area contributed by atoms with Crippen molar-refractivity contribution in [1.82, 2.24) is 0 Å². The van der Waals surface area contributed by atoms with E-state index in [4.69, 9.17) is 10.2 Å². The second-order valence-corrected chi connectivity index (χ2v) is 4.65. The van der Waals surface area contributed by atoms with Crippen molar-refractivity contribution in [2.24, 2.45) is 17.3 Å².